The second-order valence-corrected chi connectivity index (χ2v) is 4.40. The Morgan fingerprint density at radius 1 is 0.842 bits per heavy atom. The van der Waals surface area contributed by atoms with Crippen LogP contribution >= 0.6 is 0 Å². The summed E-state index contributed by atoms with van der Waals surface area (Å²) in [6.07, 6.45) is 0.454. The van der Waals surface area contributed by atoms with Crippen LogP contribution < -0.4 is 0 Å². The molecule has 3 rings (SSSR count). The van der Waals surface area contributed by atoms with Gasteiger partial charge in [-0.2, -0.15) is 0 Å². The monoisotopic (exact) mass is 252 g/mol. The van der Waals surface area contributed by atoms with Crippen LogP contribution in [0.15, 0.2) is 64.6 Å². The minimum atomic E-state index is -0.541. The van der Waals surface area contributed by atoms with Crippen molar-refractivity contribution in [1.82, 2.24) is 0 Å². The third-order valence-corrected chi connectivity index (χ3v) is 3.05. The zero-order valence-corrected chi connectivity index (χ0v) is 10.4. The van der Waals surface area contributed by atoms with E-state index in [9.17, 15) is 4.39 Å². The molecule has 3 heteroatoms. The largest absolute Gasteiger partial charge is 0.252 e. The summed E-state index contributed by atoms with van der Waals surface area (Å²) in [5.74, 6) is 0. The van der Waals surface area contributed by atoms with Crippen molar-refractivity contribution in [3.8, 4) is 0 Å². The Bertz CT molecular complexity index is 645. The molecular formula is C16H13FN2. The van der Waals surface area contributed by atoms with Crippen LogP contribution in [-0.4, -0.2) is 18.1 Å². The van der Waals surface area contributed by atoms with E-state index in [4.69, 9.17) is 0 Å². The van der Waals surface area contributed by atoms with Crippen LogP contribution in [0.5, 0.6) is 0 Å². The van der Waals surface area contributed by atoms with Crippen molar-refractivity contribution in [3.63, 3.8) is 0 Å². The fraction of sp³-hybridized carbons (Fsp3) is 0.125. The first kappa shape index (κ1) is 11.8. The van der Waals surface area contributed by atoms with Gasteiger partial charge in [0.05, 0.1) is 22.8 Å². The van der Waals surface area contributed by atoms with E-state index in [2.05, 4.69) is 9.98 Å². The van der Waals surface area contributed by atoms with Crippen LogP contribution in [0.4, 0.5) is 15.8 Å². The van der Waals surface area contributed by atoms with Gasteiger partial charge < -0.3 is 0 Å². The molecule has 0 fully saturated rings. The molecule has 0 atom stereocenters. The average Bonchev–Trinajstić information content (AvgIpc) is 2.67. The van der Waals surface area contributed by atoms with Gasteiger partial charge in [-0.05, 0) is 17.7 Å². The van der Waals surface area contributed by atoms with Crippen LogP contribution in [0.25, 0.3) is 0 Å². The van der Waals surface area contributed by atoms with Gasteiger partial charge in [0.15, 0.2) is 0 Å². The Balaban J connectivity index is 2.13. The number of fused-ring (bicyclic) bond motifs is 1. The molecule has 0 saturated heterocycles. The number of benzene rings is 2. The van der Waals surface area contributed by atoms with E-state index >= 15 is 0 Å². The maximum atomic E-state index is 13.1. The number of halogens is 1. The molecule has 2 aromatic rings. The Morgan fingerprint density at radius 2 is 1.47 bits per heavy atom. The second-order valence-electron chi connectivity index (χ2n) is 4.40. The lowest BCUT2D eigenvalue weighted by molar-refractivity contribution is 0.579. The minimum absolute atomic E-state index is 0.454. The Kier molecular flexibility index (Phi) is 3.19. The van der Waals surface area contributed by atoms with E-state index in [1.165, 1.54) is 0 Å². The summed E-state index contributed by atoms with van der Waals surface area (Å²) in [6.45, 7) is -0.541. The van der Waals surface area contributed by atoms with Crippen LogP contribution in [0.3, 0.4) is 0 Å². The van der Waals surface area contributed by atoms with Crippen molar-refractivity contribution in [2.24, 2.45) is 9.98 Å². The molecule has 0 spiro atoms. The van der Waals surface area contributed by atoms with Crippen molar-refractivity contribution >= 4 is 22.8 Å². The first-order valence-electron chi connectivity index (χ1n) is 6.21. The smallest absolute Gasteiger partial charge is 0.128 e. The molecule has 0 saturated carbocycles. The summed E-state index contributed by atoms with van der Waals surface area (Å²) in [7, 11) is 0. The van der Waals surface area contributed by atoms with Crippen molar-refractivity contribution < 1.29 is 4.39 Å². The third kappa shape index (κ3) is 2.45. The Hall–Kier alpha value is -2.29. The van der Waals surface area contributed by atoms with E-state index < -0.39 is 6.67 Å². The lowest BCUT2D eigenvalue weighted by atomic mass is 10.1. The predicted octanol–water partition coefficient (Wildman–Crippen LogP) is 4.25. The number of hydrogen-bond donors (Lipinski definition) is 0. The van der Waals surface area contributed by atoms with Crippen LogP contribution in [0.2, 0.25) is 0 Å². The molecule has 0 bridgehead atoms. The SMILES string of the molecule is FCC1=Nc2ccccc2N=C(c2ccccc2)C1. The van der Waals surface area contributed by atoms with Crippen LogP contribution in [-0.2, 0) is 0 Å². The second kappa shape index (κ2) is 5.14. The number of hydrogen-bond acceptors (Lipinski definition) is 2. The normalized spacial score (nSPS) is 14.2. The van der Waals surface area contributed by atoms with Gasteiger partial charge in [-0.1, -0.05) is 42.5 Å². The highest BCUT2D eigenvalue weighted by molar-refractivity contribution is 6.15. The van der Waals surface area contributed by atoms with E-state index in [1.54, 1.807) is 0 Å². The van der Waals surface area contributed by atoms with Gasteiger partial charge in [0.1, 0.15) is 6.67 Å². The van der Waals surface area contributed by atoms with Crippen molar-refractivity contribution in [2.75, 3.05) is 6.67 Å². The lowest BCUT2D eigenvalue weighted by Gasteiger charge is -2.04. The standard InChI is InChI=1S/C16H13FN2/c17-11-13-10-16(12-6-2-1-3-7-12)19-15-9-5-4-8-14(15)18-13/h1-9H,10-11H2. The van der Waals surface area contributed by atoms with Crippen molar-refractivity contribution in [2.45, 2.75) is 6.42 Å². The van der Waals surface area contributed by atoms with Gasteiger partial charge in [0.2, 0.25) is 0 Å². The molecule has 2 aromatic carbocycles. The summed E-state index contributed by atoms with van der Waals surface area (Å²) >= 11 is 0. The van der Waals surface area contributed by atoms with Gasteiger partial charge >= 0.3 is 0 Å². The predicted molar refractivity (Wildman–Crippen MR) is 76.8 cm³/mol. The van der Waals surface area contributed by atoms with E-state index in [1.807, 2.05) is 54.6 Å². The van der Waals surface area contributed by atoms with E-state index in [0.717, 1.165) is 22.6 Å². The number of rotatable bonds is 2. The van der Waals surface area contributed by atoms with Crippen molar-refractivity contribution in [3.05, 3.63) is 60.2 Å². The Morgan fingerprint density at radius 3 is 2.16 bits per heavy atom. The Labute approximate surface area is 111 Å². The highest BCUT2D eigenvalue weighted by Gasteiger charge is 2.14. The quantitative estimate of drug-likeness (QED) is 0.763. The molecule has 0 aromatic heterocycles. The van der Waals surface area contributed by atoms with Crippen LogP contribution in [0.1, 0.15) is 12.0 Å². The maximum absolute atomic E-state index is 13.1. The molecule has 1 aliphatic heterocycles. The molecule has 1 aliphatic rings. The average molecular weight is 252 g/mol. The molecule has 2 nitrogen and oxygen atoms in total. The third-order valence-electron chi connectivity index (χ3n) is 3.05. The molecule has 1 heterocycles. The first-order valence-corrected chi connectivity index (χ1v) is 6.21. The van der Waals surface area contributed by atoms with E-state index in [-0.39, 0.29) is 0 Å². The van der Waals surface area contributed by atoms with Gasteiger partial charge in [-0.3, -0.25) is 9.98 Å². The number of alkyl halides is 1. The van der Waals surface area contributed by atoms with Gasteiger partial charge in [0, 0.05) is 6.42 Å². The number of nitrogens with zero attached hydrogens (tertiary/aromatic N) is 2. The highest BCUT2D eigenvalue weighted by Crippen LogP contribution is 2.31. The van der Waals surface area contributed by atoms with Crippen LogP contribution in [0, 0.1) is 0 Å². The summed E-state index contributed by atoms with van der Waals surface area (Å²) < 4.78 is 13.1. The molecule has 94 valence electrons. The summed E-state index contributed by atoms with van der Waals surface area (Å²) in [5, 5.41) is 0. The summed E-state index contributed by atoms with van der Waals surface area (Å²) in [4.78, 5) is 9.00. The molecule has 0 N–H and O–H groups in total. The fourth-order valence-electron chi connectivity index (χ4n) is 2.12. The minimum Gasteiger partial charge on any atom is -0.252 e. The van der Waals surface area contributed by atoms with E-state index in [0.29, 0.717) is 12.1 Å². The number of aliphatic imine (C=N–C) groups is 2. The maximum Gasteiger partial charge on any atom is 0.128 e. The van der Waals surface area contributed by atoms with Gasteiger partial charge in [-0.15, -0.1) is 0 Å². The zero-order valence-electron chi connectivity index (χ0n) is 10.4. The molecule has 0 amide bonds. The molecule has 0 unspecified atom stereocenters. The summed E-state index contributed by atoms with van der Waals surface area (Å²) in [5.41, 5.74) is 3.93. The molecular weight excluding hydrogens is 239 g/mol. The molecule has 0 aliphatic carbocycles. The molecule has 0 radical (unpaired) electrons. The topological polar surface area (TPSA) is 24.7 Å². The van der Waals surface area contributed by atoms with Crippen molar-refractivity contribution in [1.29, 1.82) is 0 Å². The molecule has 19 heavy (non-hydrogen) atoms. The van der Waals surface area contributed by atoms with Gasteiger partial charge in [0.25, 0.3) is 0 Å². The zero-order chi connectivity index (χ0) is 13.1. The lowest BCUT2D eigenvalue weighted by Crippen LogP contribution is -2.09. The highest BCUT2D eigenvalue weighted by atomic mass is 19.1. The first-order chi connectivity index (χ1) is 9.36. The number of para-hydroxylation sites is 2. The fourth-order valence-corrected chi connectivity index (χ4v) is 2.12. The summed E-state index contributed by atoms with van der Waals surface area (Å²) in [6, 6.07) is 17.4. The van der Waals surface area contributed by atoms with Gasteiger partial charge in [-0.25, -0.2) is 4.39 Å².